The van der Waals surface area contributed by atoms with Gasteiger partial charge in [0.2, 0.25) is 11.8 Å². The molecule has 142 valence electrons. The number of nitrogens with zero attached hydrogens (tertiary/aromatic N) is 1. The van der Waals surface area contributed by atoms with Gasteiger partial charge >= 0.3 is 0 Å². The lowest BCUT2D eigenvalue weighted by molar-refractivity contribution is -0.121. The molecule has 1 N–H and O–H groups in total. The second kappa shape index (κ2) is 7.32. The van der Waals surface area contributed by atoms with E-state index in [9.17, 15) is 18.0 Å². The summed E-state index contributed by atoms with van der Waals surface area (Å²) in [7, 11) is -3.64. The van der Waals surface area contributed by atoms with Gasteiger partial charge < -0.3 is 10.2 Å². The van der Waals surface area contributed by atoms with Crippen LogP contribution in [0.3, 0.4) is 0 Å². The minimum atomic E-state index is -3.64. The van der Waals surface area contributed by atoms with Crippen LogP contribution in [0.5, 0.6) is 0 Å². The van der Waals surface area contributed by atoms with Crippen LogP contribution >= 0.6 is 11.6 Å². The van der Waals surface area contributed by atoms with Crippen molar-refractivity contribution in [2.45, 2.75) is 30.4 Å². The van der Waals surface area contributed by atoms with E-state index in [0.29, 0.717) is 10.7 Å². The topological polar surface area (TPSA) is 83.6 Å². The molecule has 0 saturated carbocycles. The molecule has 0 radical (unpaired) electrons. The van der Waals surface area contributed by atoms with Crippen LogP contribution in [0.1, 0.15) is 18.9 Å². The summed E-state index contributed by atoms with van der Waals surface area (Å²) in [5.74, 6) is -0.849. The molecule has 0 fully saturated rings. The average Bonchev–Trinajstić information content (AvgIpc) is 2.68. The molecule has 1 unspecified atom stereocenters. The Kier molecular flexibility index (Phi) is 5.26. The molecular formula is C19H19ClN2O4S. The maximum atomic E-state index is 12.7. The highest BCUT2D eigenvalue weighted by Gasteiger charge is 2.36. The second-order valence-corrected chi connectivity index (χ2v) is 9.26. The van der Waals surface area contributed by atoms with Crippen LogP contribution in [0.15, 0.2) is 47.4 Å². The SMILES string of the molecule is Cc1ccc(NC(=O)CN2C(=O)CC(C)S(=O)(=O)c3ccccc32)cc1Cl. The van der Waals surface area contributed by atoms with Crippen LogP contribution in [0.4, 0.5) is 11.4 Å². The molecule has 2 aromatic carbocycles. The lowest BCUT2D eigenvalue weighted by Gasteiger charge is -2.22. The van der Waals surface area contributed by atoms with Crippen LogP contribution in [-0.2, 0) is 19.4 Å². The van der Waals surface area contributed by atoms with Gasteiger partial charge in [0, 0.05) is 17.1 Å². The highest BCUT2D eigenvalue weighted by molar-refractivity contribution is 7.92. The van der Waals surface area contributed by atoms with Crippen molar-refractivity contribution in [3.63, 3.8) is 0 Å². The number of benzene rings is 2. The highest BCUT2D eigenvalue weighted by atomic mass is 35.5. The molecule has 27 heavy (non-hydrogen) atoms. The van der Waals surface area contributed by atoms with E-state index in [0.717, 1.165) is 5.56 Å². The molecule has 0 aliphatic carbocycles. The summed E-state index contributed by atoms with van der Waals surface area (Å²) in [5, 5.41) is 2.36. The smallest absolute Gasteiger partial charge is 0.244 e. The van der Waals surface area contributed by atoms with Crippen LogP contribution < -0.4 is 10.2 Å². The normalized spacial score (nSPS) is 18.6. The van der Waals surface area contributed by atoms with Crippen molar-refractivity contribution in [2.24, 2.45) is 0 Å². The third kappa shape index (κ3) is 3.84. The molecule has 8 heteroatoms. The van der Waals surface area contributed by atoms with Gasteiger partial charge in [-0.05, 0) is 43.7 Å². The number of sulfone groups is 1. The lowest BCUT2D eigenvalue weighted by Crippen LogP contribution is -2.38. The van der Waals surface area contributed by atoms with Crippen LogP contribution in [-0.4, -0.2) is 32.0 Å². The standard InChI is InChI=1S/C19H19ClN2O4S/c1-12-7-8-14(10-15(12)20)21-18(23)11-22-16-5-3-4-6-17(16)27(25,26)13(2)9-19(22)24/h3-8,10,13H,9,11H2,1-2H3,(H,21,23). The van der Waals surface area contributed by atoms with Crippen molar-refractivity contribution >= 4 is 44.6 Å². The number of hydrogen-bond acceptors (Lipinski definition) is 4. The summed E-state index contributed by atoms with van der Waals surface area (Å²) in [4.78, 5) is 26.4. The summed E-state index contributed by atoms with van der Waals surface area (Å²) in [6.07, 6.45) is -0.180. The zero-order valence-corrected chi connectivity index (χ0v) is 16.5. The molecule has 1 aliphatic heterocycles. The Morgan fingerprint density at radius 2 is 1.96 bits per heavy atom. The van der Waals surface area contributed by atoms with E-state index in [-0.39, 0.29) is 23.5 Å². The van der Waals surface area contributed by atoms with E-state index in [4.69, 9.17) is 11.6 Å². The third-order valence-electron chi connectivity index (χ3n) is 4.51. The van der Waals surface area contributed by atoms with Crippen molar-refractivity contribution in [3.05, 3.63) is 53.1 Å². The average molecular weight is 407 g/mol. The van der Waals surface area contributed by atoms with Crippen molar-refractivity contribution < 1.29 is 18.0 Å². The summed E-state index contributed by atoms with van der Waals surface area (Å²) in [6.45, 7) is 3.06. The van der Waals surface area contributed by atoms with E-state index >= 15 is 0 Å². The fourth-order valence-corrected chi connectivity index (χ4v) is 4.64. The summed E-state index contributed by atoms with van der Waals surface area (Å²) < 4.78 is 25.3. The minimum Gasteiger partial charge on any atom is -0.324 e. The van der Waals surface area contributed by atoms with Gasteiger partial charge in [-0.2, -0.15) is 0 Å². The Morgan fingerprint density at radius 1 is 1.26 bits per heavy atom. The minimum absolute atomic E-state index is 0.0644. The van der Waals surface area contributed by atoms with E-state index in [2.05, 4.69) is 5.32 Å². The van der Waals surface area contributed by atoms with Gasteiger partial charge in [0.15, 0.2) is 9.84 Å². The number of rotatable bonds is 3. The second-order valence-electron chi connectivity index (χ2n) is 6.52. The number of fused-ring (bicyclic) bond motifs is 1. The molecule has 2 aromatic rings. The third-order valence-corrected chi connectivity index (χ3v) is 7.10. The number of hydrogen-bond donors (Lipinski definition) is 1. The van der Waals surface area contributed by atoms with Crippen LogP contribution in [0.2, 0.25) is 5.02 Å². The molecule has 3 rings (SSSR count). The van der Waals surface area contributed by atoms with Gasteiger partial charge in [-0.1, -0.05) is 29.8 Å². The number of anilines is 2. The molecule has 1 heterocycles. The lowest BCUT2D eigenvalue weighted by atomic mass is 10.2. The molecular weight excluding hydrogens is 388 g/mol. The Morgan fingerprint density at radius 3 is 2.67 bits per heavy atom. The number of carbonyl (C=O) groups excluding carboxylic acids is 2. The first-order chi connectivity index (χ1) is 12.7. The zero-order valence-electron chi connectivity index (χ0n) is 14.9. The van der Waals surface area contributed by atoms with Crippen molar-refractivity contribution in [1.82, 2.24) is 0 Å². The first kappa shape index (κ1) is 19.4. The number of amides is 2. The van der Waals surface area contributed by atoms with Crippen molar-refractivity contribution in [1.29, 1.82) is 0 Å². The Labute approximate surface area is 163 Å². The van der Waals surface area contributed by atoms with E-state index in [1.165, 1.54) is 17.9 Å². The predicted octanol–water partition coefficient (Wildman–Crippen LogP) is 3.19. The fraction of sp³-hybridized carbons (Fsp3) is 0.263. The number of carbonyl (C=O) groups is 2. The fourth-order valence-electron chi connectivity index (χ4n) is 2.93. The van der Waals surface area contributed by atoms with Crippen molar-refractivity contribution in [2.75, 3.05) is 16.8 Å². The maximum Gasteiger partial charge on any atom is 0.244 e. The maximum absolute atomic E-state index is 12.7. The van der Waals surface area contributed by atoms with Gasteiger partial charge in [-0.3, -0.25) is 9.59 Å². The zero-order chi connectivity index (χ0) is 19.8. The molecule has 1 atom stereocenters. The summed E-state index contributed by atoms with van der Waals surface area (Å²) in [5.41, 5.74) is 1.61. The van der Waals surface area contributed by atoms with Gasteiger partial charge in [-0.15, -0.1) is 0 Å². The summed E-state index contributed by atoms with van der Waals surface area (Å²) in [6, 6.07) is 11.4. The molecule has 0 spiro atoms. The number of nitrogens with one attached hydrogen (secondary N) is 1. The largest absolute Gasteiger partial charge is 0.324 e. The first-order valence-corrected chi connectivity index (χ1v) is 10.3. The molecule has 0 saturated heterocycles. The predicted molar refractivity (Wildman–Crippen MR) is 105 cm³/mol. The number of halogens is 1. The van der Waals surface area contributed by atoms with Crippen LogP contribution in [0, 0.1) is 6.92 Å². The van der Waals surface area contributed by atoms with Gasteiger partial charge in [-0.25, -0.2) is 8.42 Å². The van der Waals surface area contributed by atoms with Crippen molar-refractivity contribution in [3.8, 4) is 0 Å². The van der Waals surface area contributed by atoms with Gasteiger partial charge in [0.1, 0.15) is 6.54 Å². The van der Waals surface area contributed by atoms with Gasteiger partial charge in [0.25, 0.3) is 0 Å². The Bertz CT molecular complexity index is 1020. The quantitative estimate of drug-likeness (QED) is 0.848. The highest BCUT2D eigenvalue weighted by Crippen LogP contribution is 2.33. The molecule has 1 aliphatic rings. The van der Waals surface area contributed by atoms with E-state index in [1.54, 1.807) is 36.4 Å². The first-order valence-electron chi connectivity index (χ1n) is 8.39. The van der Waals surface area contributed by atoms with E-state index in [1.807, 2.05) is 6.92 Å². The molecule has 0 bridgehead atoms. The molecule has 2 amide bonds. The Balaban J connectivity index is 1.89. The van der Waals surface area contributed by atoms with Crippen LogP contribution in [0.25, 0.3) is 0 Å². The van der Waals surface area contributed by atoms with E-state index < -0.39 is 26.9 Å². The van der Waals surface area contributed by atoms with Gasteiger partial charge in [0.05, 0.1) is 15.8 Å². The Hall–Kier alpha value is -2.38. The molecule has 0 aromatic heterocycles. The monoisotopic (exact) mass is 406 g/mol. The number of para-hydroxylation sites is 1. The summed E-state index contributed by atoms with van der Waals surface area (Å²) >= 11 is 6.07. The number of aryl methyl sites for hydroxylation is 1. The molecule has 6 nitrogen and oxygen atoms in total.